The van der Waals surface area contributed by atoms with E-state index in [1.807, 2.05) is 30.3 Å². The molecule has 1 fully saturated rings. The zero-order chi connectivity index (χ0) is 26.7. The summed E-state index contributed by atoms with van der Waals surface area (Å²) in [7, 11) is 0. The van der Waals surface area contributed by atoms with Crippen molar-refractivity contribution in [2.24, 2.45) is 0 Å². The summed E-state index contributed by atoms with van der Waals surface area (Å²) in [6, 6.07) is 16.8. The van der Waals surface area contributed by atoms with Gasteiger partial charge in [-0.3, -0.25) is 14.9 Å². The molecular formula is C28H34N2O6. The molecule has 0 unspecified atom stereocenters. The van der Waals surface area contributed by atoms with E-state index in [1.165, 1.54) is 0 Å². The first-order chi connectivity index (χ1) is 16.7. The first-order valence-electron chi connectivity index (χ1n) is 11.9. The minimum Gasteiger partial charge on any atom is -0.444 e. The molecule has 0 radical (unpaired) electrons. The Bertz CT molecular complexity index is 1120. The van der Waals surface area contributed by atoms with E-state index < -0.39 is 46.7 Å². The first-order valence-corrected chi connectivity index (χ1v) is 11.9. The summed E-state index contributed by atoms with van der Waals surface area (Å²) in [6.45, 7) is 10.1. The number of carbonyl (C=O) groups excluding carboxylic acids is 4. The maximum atomic E-state index is 14.1. The molecule has 192 valence electrons. The molecule has 8 heteroatoms. The van der Waals surface area contributed by atoms with E-state index in [1.54, 1.807) is 71.9 Å². The average molecular weight is 495 g/mol. The van der Waals surface area contributed by atoms with Gasteiger partial charge in [-0.1, -0.05) is 60.7 Å². The summed E-state index contributed by atoms with van der Waals surface area (Å²) in [6.07, 6.45) is -1.93. The fourth-order valence-corrected chi connectivity index (χ4v) is 4.10. The summed E-state index contributed by atoms with van der Waals surface area (Å²) in [5, 5.41) is 2.55. The number of benzene rings is 2. The number of hydrogen-bond donors (Lipinski definition) is 1. The van der Waals surface area contributed by atoms with Gasteiger partial charge in [-0.25, -0.2) is 14.5 Å². The van der Waals surface area contributed by atoms with Gasteiger partial charge >= 0.3 is 12.2 Å². The zero-order valence-electron chi connectivity index (χ0n) is 21.7. The van der Waals surface area contributed by atoms with E-state index >= 15 is 0 Å². The normalized spacial score (nSPS) is 20.3. The zero-order valence-corrected chi connectivity index (χ0v) is 21.7. The van der Waals surface area contributed by atoms with E-state index in [4.69, 9.17) is 9.47 Å². The third-order valence-electron chi connectivity index (χ3n) is 5.51. The van der Waals surface area contributed by atoms with Crippen LogP contribution < -0.4 is 5.32 Å². The van der Waals surface area contributed by atoms with Gasteiger partial charge in [0.2, 0.25) is 0 Å². The van der Waals surface area contributed by atoms with Gasteiger partial charge in [-0.05, 0) is 52.7 Å². The van der Waals surface area contributed by atoms with Gasteiger partial charge < -0.3 is 9.47 Å². The molecule has 2 aromatic rings. The van der Waals surface area contributed by atoms with Crippen LogP contribution in [-0.4, -0.2) is 51.6 Å². The van der Waals surface area contributed by atoms with Crippen molar-refractivity contribution >= 4 is 23.9 Å². The predicted octanol–water partition coefficient (Wildman–Crippen LogP) is 4.45. The van der Waals surface area contributed by atoms with Crippen molar-refractivity contribution in [3.63, 3.8) is 0 Å². The summed E-state index contributed by atoms with van der Waals surface area (Å²) >= 11 is 0. The predicted molar refractivity (Wildman–Crippen MR) is 134 cm³/mol. The SMILES string of the molecule is CC(C)(C)OC(=O)N[C@@]1(Cc2ccccc2)C(=O)[C@H](Cc2ccccc2)N(C(=O)OC(C)(C)C)C1=O. The highest BCUT2D eigenvalue weighted by Crippen LogP contribution is 2.33. The molecule has 1 N–H and O–H groups in total. The van der Waals surface area contributed by atoms with Gasteiger partial charge in [0.25, 0.3) is 5.91 Å². The highest BCUT2D eigenvalue weighted by Gasteiger charge is 2.62. The number of likely N-dealkylation sites (tertiary alicyclic amines) is 1. The third-order valence-corrected chi connectivity index (χ3v) is 5.51. The Kier molecular flexibility index (Phi) is 7.57. The molecule has 0 spiro atoms. The molecule has 0 aromatic heterocycles. The number of ether oxygens (including phenoxy) is 2. The number of alkyl carbamates (subject to hydrolysis) is 1. The van der Waals surface area contributed by atoms with Crippen LogP contribution in [0.1, 0.15) is 52.7 Å². The number of rotatable bonds is 5. The second-order valence-electron chi connectivity index (χ2n) is 10.9. The summed E-state index contributed by atoms with van der Waals surface area (Å²) in [5.74, 6) is -1.45. The van der Waals surface area contributed by atoms with Gasteiger partial charge in [0.15, 0.2) is 11.3 Å². The number of imide groups is 1. The van der Waals surface area contributed by atoms with Gasteiger partial charge in [-0.2, -0.15) is 0 Å². The van der Waals surface area contributed by atoms with Crippen LogP contribution in [0.15, 0.2) is 60.7 Å². The standard InChI is InChI=1S/C28H34N2O6/c1-26(2,3)35-24(33)29-28(18-20-15-11-8-12-16-20)22(31)21(17-19-13-9-7-10-14-19)30(23(28)32)25(34)36-27(4,5)6/h7-16,21H,17-18H2,1-6H3,(H,29,33)/t21-,28-/m0/s1. The van der Waals surface area contributed by atoms with Gasteiger partial charge in [0.05, 0.1) is 0 Å². The molecule has 8 nitrogen and oxygen atoms in total. The van der Waals surface area contributed by atoms with E-state index in [0.29, 0.717) is 5.56 Å². The van der Waals surface area contributed by atoms with Crippen LogP contribution in [0, 0.1) is 0 Å². The Morgan fingerprint density at radius 2 is 1.33 bits per heavy atom. The number of carbonyl (C=O) groups is 4. The third kappa shape index (κ3) is 6.30. The Labute approximate surface area is 212 Å². The van der Waals surface area contributed by atoms with Gasteiger partial charge in [0, 0.05) is 12.8 Å². The molecule has 1 saturated heterocycles. The van der Waals surface area contributed by atoms with Crippen LogP contribution >= 0.6 is 0 Å². The highest BCUT2D eigenvalue weighted by atomic mass is 16.6. The topological polar surface area (TPSA) is 102 Å². The lowest BCUT2D eigenvalue weighted by Crippen LogP contribution is -2.60. The van der Waals surface area contributed by atoms with E-state index in [9.17, 15) is 19.2 Å². The van der Waals surface area contributed by atoms with Crippen molar-refractivity contribution in [3.8, 4) is 0 Å². The second kappa shape index (κ2) is 10.1. The maximum Gasteiger partial charge on any atom is 0.417 e. The van der Waals surface area contributed by atoms with Crippen molar-refractivity contribution < 1.29 is 28.7 Å². The maximum absolute atomic E-state index is 14.1. The quantitative estimate of drug-likeness (QED) is 0.616. The van der Waals surface area contributed by atoms with E-state index in [0.717, 1.165) is 10.5 Å². The monoisotopic (exact) mass is 494 g/mol. The number of ketones is 1. The minimum atomic E-state index is -2.04. The number of hydrogen-bond acceptors (Lipinski definition) is 6. The van der Waals surface area contributed by atoms with E-state index in [-0.39, 0.29) is 12.8 Å². The highest BCUT2D eigenvalue weighted by molar-refractivity contribution is 6.24. The first kappa shape index (κ1) is 26.9. The Morgan fingerprint density at radius 3 is 1.83 bits per heavy atom. The molecule has 3 rings (SSSR count). The Morgan fingerprint density at radius 1 is 0.833 bits per heavy atom. The number of nitrogens with zero attached hydrogens (tertiary/aromatic N) is 1. The van der Waals surface area contributed by atoms with Crippen LogP contribution in [0.5, 0.6) is 0 Å². The average Bonchev–Trinajstić information content (AvgIpc) is 2.94. The lowest BCUT2D eigenvalue weighted by molar-refractivity contribution is -0.134. The molecule has 1 aliphatic heterocycles. The van der Waals surface area contributed by atoms with Crippen LogP contribution in [0.4, 0.5) is 9.59 Å². The molecule has 0 saturated carbocycles. The van der Waals surface area contributed by atoms with Crippen LogP contribution in [0.25, 0.3) is 0 Å². The molecule has 0 aliphatic carbocycles. The molecule has 1 heterocycles. The molecule has 2 atom stereocenters. The van der Waals surface area contributed by atoms with Gasteiger partial charge in [0.1, 0.15) is 17.2 Å². The van der Waals surface area contributed by atoms with Crippen LogP contribution in [-0.2, 0) is 31.9 Å². The Hall–Kier alpha value is -3.68. The van der Waals surface area contributed by atoms with Crippen molar-refractivity contribution in [2.75, 3.05) is 0 Å². The fourth-order valence-electron chi connectivity index (χ4n) is 4.10. The van der Waals surface area contributed by atoms with Crippen LogP contribution in [0.2, 0.25) is 0 Å². The molecule has 2 aromatic carbocycles. The van der Waals surface area contributed by atoms with Crippen molar-refractivity contribution in [1.82, 2.24) is 10.2 Å². The lowest BCUT2D eigenvalue weighted by Gasteiger charge is -2.29. The molecule has 36 heavy (non-hydrogen) atoms. The number of amides is 3. The lowest BCUT2D eigenvalue weighted by atomic mass is 9.85. The van der Waals surface area contributed by atoms with E-state index in [2.05, 4.69) is 5.32 Å². The largest absolute Gasteiger partial charge is 0.444 e. The summed E-state index contributed by atoms with van der Waals surface area (Å²) in [4.78, 5) is 55.1. The fraction of sp³-hybridized carbons (Fsp3) is 0.429. The molecule has 3 amide bonds. The van der Waals surface area contributed by atoms with Crippen molar-refractivity contribution in [2.45, 2.75) is 77.2 Å². The molecule has 0 bridgehead atoms. The smallest absolute Gasteiger partial charge is 0.417 e. The molecular weight excluding hydrogens is 460 g/mol. The van der Waals surface area contributed by atoms with Crippen molar-refractivity contribution in [1.29, 1.82) is 0 Å². The summed E-state index contributed by atoms with van der Waals surface area (Å²) < 4.78 is 10.9. The number of nitrogens with one attached hydrogen (secondary N) is 1. The van der Waals surface area contributed by atoms with Crippen LogP contribution in [0.3, 0.4) is 0 Å². The molecule has 1 aliphatic rings. The van der Waals surface area contributed by atoms with Crippen molar-refractivity contribution in [3.05, 3.63) is 71.8 Å². The van der Waals surface area contributed by atoms with Gasteiger partial charge in [-0.15, -0.1) is 0 Å². The Balaban J connectivity index is 2.10. The minimum absolute atomic E-state index is 0.0805. The second-order valence-corrected chi connectivity index (χ2v) is 10.9. The number of Topliss-reactive ketones (excluding diaryl/α,β-unsaturated/α-hetero) is 1. The summed E-state index contributed by atoms with van der Waals surface area (Å²) in [5.41, 5.74) is -2.41.